The van der Waals surface area contributed by atoms with Crippen molar-refractivity contribution >= 4 is 23.4 Å². The molecule has 2 aliphatic carbocycles. The van der Waals surface area contributed by atoms with Crippen molar-refractivity contribution in [1.29, 1.82) is 0 Å². The quantitative estimate of drug-likeness (QED) is 0.483. The van der Waals surface area contributed by atoms with E-state index in [1.165, 1.54) is 12.8 Å². The highest BCUT2D eigenvalue weighted by Gasteiger charge is 2.30. The van der Waals surface area contributed by atoms with Crippen molar-refractivity contribution in [2.24, 2.45) is 11.8 Å². The SMILES string of the molecule is O=C(NC(NC(=O)C1CCCCC1)C(O)CCCl)C1CCCCC1. The van der Waals surface area contributed by atoms with Gasteiger partial charge in [0.2, 0.25) is 11.8 Å². The van der Waals surface area contributed by atoms with Crippen LogP contribution in [0.1, 0.15) is 70.6 Å². The number of nitrogens with one attached hydrogen (secondary N) is 2. The van der Waals surface area contributed by atoms with E-state index >= 15 is 0 Å². The van der Waals surface area contributed by atoms with Crippen LogP contribution in [-0.2, 0) is 9.59 Å². The van der Waals surface area contributed by atoms with Gasteiger partial charge >= 0.3 is 0 Å². The fourth-order valence-corrected chi connectivity index (χ4v) is 4.00. The second-order valence-electron chi connectivity index (χ2n) is 7.21. The number of carbonyl (C=O) groups excluding carboxylic acids is 2. The van der Waals surface area contributed by atoms with Gasteiger partial charge in [0.25, 0.3) is 0 Å². The van der Waals surface area contributed by atoms with Gasteiger partial charge in [-0.25, -0.2) is 0 Å². The van der Waals surface area contributed by atoms with Crippen molar-refractivity contribution < 1.29 is 14.7 Å². The molecule has 0 aromatic rings. The monoisotopic (exact) mass is 358 g/mol. The van der Waals surface area contributed by atoms with Crippen LogP contribution in [0.25, 0.3) is 0 Å². The minimum absolute atomic E-state index is 0.00367. The largest absolute Gasteiger partial charge is 0.389 e. The molecule has 3 N–H and O–H groups in total. The fourth-order valence-electron chi connectivity index (χ4n) is 3.78. The van der Waals surface area contributed by atoms with Gasteiger partial charge in [-0.2, -0.15) is 0 Å². The van der Waals surface area contributed by atoms with Gasteiger partial charge in [-0.05, 0) is 32.1 Å². The van der Waals surface area contributed by atoms with E-state index in [9.17, 15) is 14.7 Å². The number of carbonyl (C=O) groups is 2. The molecule has 24 heavy (non-hydrogen) atoms. The number of aliphatic hydroxyl groups is 1. The van der Waals surface area contributed by atoms with Crippen LogP contribution < -0.4 is 10.6 Å². The van der Waals surface area contributed by atoms with E-state index in [4.69, 9.17) is 11.6 Å². The fraction of sp³-hybridized carbons (Fsp3) is 0.889. The average molecular weight is 359 g/mol. The normalized spacial score (nSPS) is 21.5. The Morgan fingerprint density at radius 3 is 1.67 bits per heavy atom. The van der Waals surface area contributed by atoms with Crippen molar-refractivity contribution in [3.8, 4) is 0 Å². The van der Waals surface area contributed by atoms with Crippen LogP contribution in [0, 0.1) is 11.8 Å². The molecule has 2 aliphatic rings. The molecule has 5 nitrogen and oxygen atoms in total. The smallest absolute Gasteiger partial charge is 0.224 e. The molecule has 1 atom stereocenters. The first-order chi connectivity index (χ1) is 11.6. The van der Waals surface area contributed by atoms with Crippen LogP contribution in [0.15, 0.2) is 0 Å². The van der Waals surface area contributed by atoms with E-state index in [2.05, 4.69) is 10.6 Å². The van der Waals surface area contributed by atoms with E-state index in [0.29, 0.717) is 6.42 Å². The summed E-state index contributed by atoms with van der Waals surface area (Å²) in [6, 6.07) is 0. The molecule has 0 heterocycles. The predicted octanol–water partition coefficient (Wildman–Crippen LogP) is 2.70. The van der Waals surface area contributed by atoms with E-state index in [1.54, 1.807) is 0 Å². The van der Waals surface area contributed by atoms with Crippen LogP contribution in [0.3, 0.4) is 0 Å². The van der Waals surface area contributed by atoms with Crippen molar-refractivity contribution in [2.75, 3.05) is 5.88 Å². The Bertz CT molecular complexity index is 375. The third-order valence-corrected chi connectivity index (χ3v) is 5.56. The van der Waals surface area contributed by atoms with E-state index in [-0.39, 0.29) is 29.5 Å². The van der Waals surface area contributed by atoms with E-state index < -0.39 is 12.3 Å². The van der Waals surface area contributed by atoms with Gasteiger partial charge < -0.3 is 15.7 Å². The number of hydrogen-bond acceptors (Lipinski definition) is 3. The Morgan fingerprint density at radius 1 is 0.875 bits per heavy atom. The lowest BCUT2D eigenvalue weighted by atomic mass is 9.88. The molecule has 0 spiro atoms. The van der Waals surface area contributed by atoms with Crippen LogP contribution in [0.5, 0.6) is 0 Å². The molecule has 1 unspecified atom stereocenters. The maximum Gasteiger partial charge on any atom is 0.224 e. The predicted molar refractivity (Wildman–Crippen MR) is 94.6 cm³/mol. The third kappa shape index (κ3) is 5.92. The van der Waals surface area contributed by atoms with Gasteiger partial charge in [0.15, 0.2) is 0 Å². The maximum atomic E-state index is 12.5. The molecule has 0 saturated heterocycles. The standard InChI is InChI=1S/C18H31ClN2O3/c19-12-11-15(22)16(20-17(23)13-7-3-1-4-8-13)21-18(24)14-9-5-2-6-10-14/h13-16,22H,1-12H2,(H,20,23)(H,21,24). The van der Waals surface area contributed by atoms with E-state index in [0.717, 1.165) is 51.4 Å². The summed E-state index contributed by atoms with van der Waals surface area (Å²) in [5.74, 6) is 0.164. The molecule has 0 aliphatic heterocycles. The summed E-state index contributed by atoms with van der Waals surface area (Å²) in [6.07, 6.45) is 8.94. The molecule has 6 heteroatoms. The zero-order valence-corrected chi connectivity index (χ0v) is 15.2. The molecule has 2 fully saturated rings. The molecule has 0 bridgehead atoms. The van der Waals surface area contributed by atoms with Gasteiger partial charge in [-0.1, -0.05) is 38.5 Å². The first-order valence-corrected chi connectivity index (χ1v) is 10.00. The number of aliphatic hydroxyl groups excluding tert-OH is 1. The van der Waals surface area contributed by atoms with E-state index in [1.807, 2.05) is 0 Å². The van der Waals surface area contributed by atoms with Gasteiger partial charge in [0.1, 0.15) is 6.17 Å². The summed E-state index contributed by atoms with van der Waals surface area (Å²) in [6.45, 7) is 0. The molecule has 0 radical (unpaired) electrons. The number of halogens is 1. The van der Waals surface area contributed by atoms with Crippen molar-refractivity contribution in [3.05, 3.63) is 0 Å². The summed E-state index contributed by atoms with van der Waals surface area (Å²) in [4.78, 5) is 24.9. The zero-order valence-electron chi connectivity index (χ0n) is 14.4. The highest BCUT2D eigenvalue weighted by molar-refractivity contribution is 6.17. The lowest BCUT2D eigenvalue weighted by Gasteiger charge is -2.30. The highest BCUT2D eigenvalue weighted by Crippen LogP contribution is 2.25. The second-order valence-corrected chi connectivity index (χ2v) is 7.59. The lowest BCUT2D eigenvalue weighted by Crippen LogP contribution is -2.57. The highest BCUT2D eigenvalue weighted by atomic mass is 35.5. The first-order valence-electron chi connectivity index (χ1n) is 9.46. The van der Waals surface area contributed by atoms with Crippen molar-refractivity contribution in [1.82, 2.24) is 10.6 Å². The number of alkyl halides is 1. The molecular formula is C18H31ClN2O3. The molecule has 0 aromatic carbocycles. The molecule has 2 rings (SSSR count). The van der Waals surface area contributed by atoms with Crippen LogP contribution in [-0.4, -0.2) is 35.1 Å². The second kappa shape index (κ2) is 10.2. The average Bonchev–Trinajstić information content (AvgIpc) is 2.62. The van der Waals surface area contributed by atoms with Crippen LogP contribution in [0.2, 0.25) is 0 Å². The summed E-state index contributed by atoms with van der Waals surface area (Å²) < 4.78 is 0. The summed E-state index contributed by atoms with van der Waals surface area (Å²) in [5.41, 5.74) is 0. The molecule has 2 saturated carbocycles. The Labute approximate surface area is 149 Å². The summed E-state index contributed by atoms with van der Waals surface area (Å²) >= 11 is 5.73. The topological polar surface area (TPSA) is 78.4 Å². The van der Waals surface area contributed by atoms with Crippen LogP contribution in [0.4, 0.5) is 0 Å². The third-order valence-electron chi connectivity index (χ3n) is 5.34. The molecular weight excluding hydrogens is 328 g/mol. The lowest BCUT2D eigenvalue weighted by molar-refractivity contribution is -0.131. The Balaban J connectivity index is 1.92. The van der Waals surface area contributed by atoms with Crippen molar-refractivity contribution in [3.63, 3.8) is 0 Å². The Hall–Kier alpha value is -0.810. The van der Waals surface area contributed by atoms with Gasteiger partial charge in [0.05, 0.1) is 6.10 Å². The van der Waals surface area contributed by atoms with Gasteiger partial charge in [0, 0.05) is 17.7 Å². The minimum atomic E-state index is -0.859. The van der Waals surface area contributed by atoms with Gasteiger partial charge in [-0.3, -0.25) is 9.59 Å². The number of hydrogen-bond donors (Lipinski definition) is 3. The first kappa shape index (κ1) is 19.5. The molecule has 2 amide bonds. The zero-order chi connectivity index (χ0) is 17.4. The molecule has 138 valence electrons. The maximum absolute atomic E-state index is 12.5. The Kier molecular flexibility index (Phi) is 8.33. The minimum Gasteiger partial charge on any atom is -0.389 e. The molecule has 0 aromatic heterocycles. The summed E-state index contributed by atoms with van der Waals surface area (Å²) in [5, 5.41) is 16.0. The summed E-state index contributed by atoms with van der Waals surface area (Å²) in [7, 11) is 0. The number of rotatable bonds is 7. The van der Waals surface area contributed by atoms with Gasteiger partial charge in [-0.15, -0.1) is 11.6 Å². The number of amides is 2. The van der Waals surface area contributed by atoms with Crippen LogP contribution >= 0.6 is 11.6 Å². The Morgan fingerprint density at radius 2 is 1.29 bits per heavy atom. The van der Waals surface area contributed by atoms with Crippen molar-refractivity contribution in [2.45, 2.75) is 82.9 Å².